The maximum absolute atomic E-state index is 14.1. The highest BCUT2D eigenvalue weighted by molar-refractivity contribution is 7.91. The molecule has 1 aromatic carbocycles. The van der Waals surface area contributed by atoms with Crippen LogP contribution in [-0.2, 0) is 9.84 Å². The second-order valence-corrected chi connectivity index (χ2v) is 6.95. The van der Waals surface area contributed by atoms with Crippen molar-refractivity contribution in [1.82, 2.24) is 14.7 Å². The van der Waals surface area contributed by atoms with Crippen LogP contribution in [-0.4, -0.2) is 42.2 Å². The topological polar surface area (TPSA) is 72.3 Å². The molecule has 0 N–H and O–H groups in total. The van der Waals surface area contributed by atoms with Crippen molar-refractivity contribution in [3.8, 4) is 0 Å². The van der Waals surface area contributed by atoms with Crippen molar-refractivity contribution in [3.05, 3.63) is 41.6 Å². The molecule has 2 rings (SSSR count). The predicted octanol–water partition coefficient (Wildman–Crippen LogP) is 2.61. The third kappa shape index (κ3) is 3.16. The lowest BCUT2D eigenvalue weighted by Gasteiger charge is -2.17. The van der Waals surface area contributed by atoms with Crippen LogP contribution in [0.5, 0.6) is 0 Å². The number of benzene rings is 1. The van der Waals surface area contributed by atoms with E-state index < -0.39 is 37.4 Å². The summed E-state index contributed by atoms with van der Waals surface area (Å²) >= 11 is 0. The Morgan fingerprint density at radius 1 is 1.21 bits per heavy atom. The van der Waals surface area contributed by atoms with Gasteiger partial charge in [0.1, 0.15) is 10.7 Å². The third-order valence-electron chi connectivity index (χ3n) is 3.50. The fourth-order valence-corrected chi connectivity index (χ4v) is 3.56. The lowest BCUT2D eigenvalue weighted by Crippen LogP contribution is -2.34. The molecule has 6 nitrogen and oxygen atoms in total. The molecule has 0 bridgehead atoms. The number of carbonyl (C=O) groups excluding carboxylic acids is 1. The smallest absolute Gasteiger partial charge is 0.323 e. The standard InChI is InChI=1S/C15H17F2N3O3S/c1-4-19(5-2)15(21)20-9-12(17)14(18-20)24(22,23)13-8-10(3)6-7-11(13)16/h6-9H,4-5H2,1-3H3. The van der Waals surface area contributed by atoms with E-state index in [-0.39, 0.29) is 0 Å². The third-order valence-corrected chi connectivity index (χ3v) is 5.18. The van der Waals surface area contributed by atoms with Crippen molar-refractivity contribution < 1.29 is 22.0 Å². The van der Waals surface area contributed by atoms with Crippen molar-refractivity contribution in [1.29, 1.82) is 0 Å². The maximum atomic E-state index is 14.1. The first-order valence-corrected chi connectivity index (χ1v) is 8.76. The zero-order valence-corrected chi connectivity index (χ0v) is 14.3. The number of amides is 1. The van der Waals surface area contributed by atoms with E-state index in [0.29, 0.717) is 29.5 Å². The number of aromatic nitrogens is 2. The second-order valence-electron chi connectivity index (χ2n) is 5.12. The molecule has 0 radical (unpaired) electrons. The van der Waals surface area contributed by atoms with E-state index in [1.54, 1.807) is 20.8 Å². The van der Waals surface area contributed by atoms with Gasteiger partial charge in [0.2, 0.25) is 14.9 Å². The van der Waals surface area contributed by atoms with E-state index in [0.717, 1.165) is 12.1 Å². The highest BCUT2D eigenvalue weighted by Crippen LogP contribution is 2.25. The normalized spacial score (nSPS) is 11.5. The number of rotatable bonds is 4. The molecule has 0 fully saturated rings. The summed E-state index contributed by atoms with van der Waals surface area (Å²) in [4.78, 5) is 12.8. The van der Waals surface area contributed by atoms with Crippen molar-refractivity contribution >= 4 is 15.9 Å². The Hall–Kier alpha value is -2.29. The molecule has 1 aromatic heterocycles. The van der Waals surface area contributed by atoms with Gasteiger partial charge in [0.05, 0.1) is 6.20 Å². The van der Waals surface area contributed by atoms with Crippen LogP contribution in [0.4, 0.5) is 13.6 Å². The van der Waals surface area contributed by atoms with Crippen LogP contribution in [0.25, 0.3) is 0 Å². The van der Waals surface area contributed by atoms with Gasteiger partial charge in [0.15, 0.2) is 5.82 Å². The van der Waals surface area contributed by atoms with Gasteiger partial charge in [0, 0.05) is 13.1 Å². The molecule has 0 saturated heterocycles. The molecule has 130 valence electrons. The highest BCUT2D eigenvalue weighted by atomic mass is 32.2. The largest absolute Gasteiger partial charge is 0.344 e. The van der Waals surface area contributed by atoms with Gasteiger partial charge in [0.25, 0.3) is 0 Å². The molecule has 1 heterocycles. The number of sulfone groups is 1. The van der Waals surface area contributed by atoms with E-state index in [9.17, 15) is 22.0 Å². The number of carbonyl (C=O) groups is 1. The summed E-state index contributed by atoms with van der Waals surface area (Å²) in [6.45, 7) is 5.73. The predicted molar refractivity (Wildman–Crippen MR) is 82.5 cm³/mol. The summed E-state index contributed by atoms with van der Waals surface area (Å²) < 4.78 is 53.6. The van der Waals surface area contributed by atoms with Crippen LogP contribution in [0.15, 0.2) is 34.3 Å². The number of nitrogens with zero attached hydrogens (tertiary/aromatic N) is 3. The molecule has 1 amide bonds. The molecule has 0 atom stereocenters. The Morgan fingerprint density at radius 3 is 2.42 bits per heavy atom. The van der Waals surface area contributed by atoms with Gasteiger partial charge in [-0.3, -0.25) is 0 Å². The first-order chi connectivity index (χ1) is 11.2. The van der Waals surface area contributed by atoms with E-state index in [1.165, 1.54) is 11.0 Å². The van der Waals surface area contributed by atoms with Crippen LogP contribution < -0.4 is 0 Å². The average Bonchev–Trinajstić information content (AvgIpc) is 2.93. The first-order valence-electron chi connectivity index (χ1n) is 7.28. The SMILES string of the molecule is CCN(CC)C(=O)n1cc(F)c(S(=O)(=O)c2cc(C)ccc2F)n1. The molecule has 24 heavy (non-hydrogen) atoms. The minimum atomic E-state index is -4.53. The highest BCUT2D eigenvalue weighted by Gasteiger charge is 2.30. The van der Waals surface area contributed by atoms with Crippen LogP contribution in [0.2, 0.25) is 0 Å². The number of hydrogen-bond acceptors (Lipinski definition) is 4. The van der Waals surface area contributed by atoms with Crippen LogP contribution >= 0.6 is 0 Å². The summed E-state index contributed by atoms with van der Waals surface area (Å²) in [6, 6.07) is 2.81. The van der Waals surface area contributed by atoms with Gasteiger partial charge in [-0.05, 0) is 38.5 Å². The Balaban J connectivity index is 2.53. The molecule has 0 spiro atoms. The zero-order chi connectivity index (χ0) is 18.1. The summed E-state index contributed by atoms with van der Waals surface area (Å²) in [5.41, 5.74) is 0.494. The molecular formula is C15H17F2N3O3S. The van der Waals surface area contributed by atoms with Crippen LogP contribution in [0.3, 0.4) is 0 Å². The fraction of sp³-hybridized carbons (Fsp3) is 0.333. The van der Waals surface area contributed by atoms with E-state index in [2.05, 4.69) is 5.10 Å². The number of hydrogen-bond donors (Lipinski definition) is 0. The van der Waals surface area contributed by atoms with Gasteiger partial charge in [-0.2, -0.15) is 4.68 Å². The van der Waals surface area contributed by atoms with Crippen LogP contribution in [0.1, 0.15) is 19.4 Å². The van der Waals surface area contributed by atoms with E-state index in [1.807, 2.05) is 0 Å². The minimum Gasteiger partial charge on any atom is -0.323 e. The summed E-state index contributed by atoms with van der Waals surface area (Å²) in [5.74, 6) is -2.22. The zero-order valence-electron chi connectivity index (χ0n) is 13.5. The van der Waals surface area contributed by atoms with Crippen molar-refractivity contribution in [2.24, 2.45) is 0 Å². The lowest BCUT2D eigenvalue weighted by atomic mass is 10.2. The van der Waals surface area contributed by atoms with E-state index >= 15 is 0 Å². The summed E-state index contributed by atoms with van der Waals surface area (Å²) in [7, 11) is -4.53. The van der Waals surface area contributed by atoms with Gasteiger partial charge >= 0.3 is 6.03 Å². The minimum absolute atomic E-state index is 0.353. The first kappa shape index (κ1) is 18.1. The molecule has 9 heteroatoms. The van der Waals surface area contributed by atoms with Crippen LogP contribution in [0, 0.1) is 18.6 Å². The van der Waals surface area contributed by atoms with Crippen molar-refractivity contribution in [3.63, 3.8) is 0 Å². The maximum Gasteiger partial charge on any atom is 0.344 e. The van der Waals surface area contributed by atoms with Gasteiger partial charge in [-0.25, -0.2) is 22.0 Å². The van der Waals surface area contributed by atoms with E-state index in [4.69, 9.17) is 0 Å². The molecular weight excluding hydrogens is 340 g/mol. The Morgan fingerprint density at radius 2 is 1.83 bits per heavy atom. The Kier molecular flexibility index (Phi) is 5.02. The fourth-order valence-electron chi connectivity index (χ4n) is 2.18. The van der Waals surface area contributed by atoms with Crippen molar-refractivity contribution in [2.75, 3.05) is 13.1 Å². The second kappa shape index (κ2) is 6.68. The number of halogens is 2. The molecule has 0 aliphatic heterocycles. The monoisotopic (exact) mass is 357 g/mol. The molecule has 0 saturated carbocycles. The quantitative estimate of drug-likeness (QED) is 0.843. The molecule has 0 unspecified atom stereocenters. The lowest BCUT2D eigenvalue weighted by molar-refractivity contribution is 0.201. The summed E-state index contributed by atoms with van der Waals surface area (Å²) in [5, 5.41) is 2.56. The number of aryl methyl sites for hydroxylation is 1. The van der Waals surface area contributed by atoms with Crippen molar-refractivity contribution in [2.45, 2.75) is 30.7 Å². The van der Waals surface area contributed by atoms with Gasteiger partial charge in [-0.1, -0.05) is 6.07 Å². The molecule has 2 aromatic rings. The Bertz CT molecular complexity index is 874. The molecule has 0 aliphatic rings. The molecule has 0 aliphatic carbocycles. The Labute approximate surface area is 138 Å². The summed E-state index contributed by atoms with van der Waals surface area (Å²) in [6.07, 6.45) is 0.682. The van der Waals surface area contributed by atoms with Gasteiger partial charge < -0.3 is 4.90 Å². The average molecular weight is 357 g/mol. The van der Waals surface area contributed by atoms with Gasteiger partial charge in [-0.15, -0.1) is 5.10 Å².